The van der Waals surface area contributed by atoms with Gasteiger partial charge in [-0.1, -0.05) is 31.3 Å². The van der Waals surface area contributed by atoms with Crippen LogP contribution in [0.4, 0.5) is 10.8 Å². The number of anilines is 2. The molecule has 0 saturated carbocycles. The van der Waals surface area contributed by atoms with Crippen molar-refractivity contribution in [3.05, 3.63) is 34.3 Å². The Morgan fingerprint density at radius 1 is 1.24 bits per heavy atom. The molecule has 0 spiro atoms. The number of nitrogens with one attached hydrogen (secondary N) is 2. The highest BCUT2D eigenvalue weighted by Crippen LogP contribution is 2.29. The van der Waals surface area contributed by atoms with Gasteiger partial charge in [0.2, 0.25) is 5.91 Å². The fraction of sp³-hybridized carbons (Fsp3) is 0.353. The zero-order valence-corrected chi connectivity index (χ0v) is 15.4. The Bertz CT molecular complexity index is 801. The molecule has 0 fully saturated rings. The standard InChI is InChI=1S/C17H22N4O3S/c1-8(2)13(18)16(24)21-17-19-7-12(25-17)15(23)20-14-9(3)5-6-11(22)10(14)4/h5-8,13,22H,18H2,1-4H3,(H,20,23)(H,19,21,24)/t13-/m0/s1. The van der Waals surface area contributed by atoms with Crippen molar-refractivity contribution in [3.8, 4) is 5.75 Å². The van der Waals surface area contributed by atoms with Gasteiger partial charge in [0.05, 0.1) is 17.9 Å². The van der Waals surface area contributed by atoms with Gasteiger partial charge in [-0.15, -0.1) is 0 Å². The van der Waals surface area contributed by atoms with Gasteiger partial charge in [-0.2, -0.15) is 0 Å². The summed E-state index contributed by atoms with van der Waals surface area (Å²) in [6.45, 7) is 7.27. The van der Waals surface area contributed by atoms with Crippen molar-refractivity contribution in [2.24, 2.45) is 11.7 Å². The molecule has 7 nitrogen and oxygen atoms in total. The molecular formula is C17H22N4O3S. The maximum atomic E-state index is 12.4. The first kappa shape index (κ1) is 18.9. The van der Waals surface area contributed by atoms with E-state index in [0.717, 1.165) is 16.9 Å². The number of benzene rings is 1. The van der Waals surface area contributed by atoms with Gasteiger partial charge in [-0.3, -0.25) is 9.59 Å². The van der Waals surface area contributed by atoms with Gasteiger partial charge in [-0.05, 0) is 31.4 Å². The van der Waals surface area contributed by atoms with Crippen LogP contribution in [0, 0.1) is 19.8 Å². The van der Waals surface area contributed by atoms with Gasteiger partial charge in [0, 0.05) is 5.56 Å². The summed E-state index contributed by atoms with van der Waals surface area (Å²) in [5.74, 6) is -0.584. The number of amides is 2. The molecule has 0 aliphatic rings. The van der Waals surface area contributed by atoms with Gasteiger partial charge in [0.15, 0.2) is 5.13 Å². The molecule has 0 saturated heterocycles. The van der Waals surface area contributed by atoms with Crippen molar-refractivity contribution in [2.75, 3.05) is 10.6 Å². The van der Waals surface area contributed by atoms with Crippen LogP contribution >= 0.6 is 11.3 Å². The quantitative estimate of drug-likeness (QED) is 0.652. The molecular weight excluding hydrogens is 340 g/mol. The van der Waals surface area contributed by atoms with Crippen molar-refractivity contribution < 1.29 is 14.7 Å². The van der Waals surface area contributed by atoms with Crippen molar-refractivity contribution in [1.29, 1.82) is 0 Å². The van der Waals surface area contributed by atoms with E-state index >= 15 is 0 Å². The number of aromatic hydroxyl groups is 1. The maximum Gasteiger partial charge on any atom is 0.267 e. The van der Waals surface area contributed by atoms with E-state index in [4.69, 9.17) is 5.73 Å². The lowest BCUT2D eigenvalue weighted by Gasteiger charge is -2.13. The van der Waals surface area contributed by atoms with Crippen molar-refractivity contribution >= 4 is 34.0 Å². The summed E-state index contributed by atoms with van der Waals surface area (Å²) in [5.41, 5.74) is 7.78. The van der Waals surface area contributed by atoms with E-state index in [-0.39, 0.29) is 23.5 Å². The Balaban J connectivity index is 2.11. The van der Waals surface area contributed by atoms with Crippen LogP contribution in [-0.4, -0.2) is 27.9 Å². The Hall–Kier alpha value is -2.45. The van der Waals surface area contributed by atoms with Gasteiger partial charge >= 0.3 is 0 Å². The number of aryl methyl sites for hydroxylation is 1. The Morgan fingerprint density at radius 2 is 1.92 bits per heavy atom. The van der Waals surface area contributed by atoms with Crippen LogP contribution in [0.1, 0.15) is 34.6 Å². The first-order valence-corrected chi connectivity index (χ1v) is 8.65. The number of thiazole rings is 1. The van der Waals surface area contributed by atoms with Gasteiger partial charge < -0.3 is 21.5 Å². The molecule has 0 bridgehead atoms. The summed E-state index contributed by atoms with van der Waals surface area (Å²) >= 11 is 1.06. The lowest BCUT2D eigenvalue weighted by Crippen LogP contribution is -2.39. The van der Waals surface area contributed by atoms with E-state index in [1.165, 1.54) is 6.20 Å². The molecule has 1 aromatic carbocycles. The molecule has 0 radical (unpaired) electrons. The van der Waals surface area contributed by atoms with E-state index < -0.39 is 6.04 Å². The van der Waals surface area contributed by atoms with Crippen molar-refractivity contribution in [2.45, 2.75) is 33.7 Å². The predicted octanol–water partition coefficient (Wildman–Crippen LogP) is 2.64. The van der Waals surface area contributed by atoms with E-state index in [2.05, 4.69) is 15.6 Å². The van der Waals surface area contributed by atoms with Gasteiger partial charge in [-0.25, -0.2) is 4.98 Å². The van der Waals surface area contributed by atoms with Crippen LogP contribution in [0.5, 0.6) is 5.75 Å². The van der Waals surface area contributed by atoms with Crippen LogP contribution in [0.25, 0.3) is 0 Å². The fourth-order valence-electron chi connectivity index (χ4n) is 2.13. The number of aromatic nitrogens is 1. The molecule has 1 aromatic heterocycles. The number of hydrogen-bond acceptors (Lipinski definition) is 6. The second-order valence-electron chi connectivity index (χ2n) is 6.14. The second kappa shape index (κ2) is 7.62. The largest absolute Gasteiger partial charge is 0.508 e. The molecule has 25 heavy (non-hydrogen) atoms. The third kappa shape index (κ3) is 4.34. The SMILES string of the molecule is Cc1ccc(O)c(C)c1NC(=O)c1cnc(NC(=O)[C@@H](N)C(C)C)s1. The Morgan fingerprint density at radius 3 is 2.56 bits per heavy atom. The van der Waals surface area contributed by atoms with E-state index in [1.807, 2.05) is 20.8 Å². The summed E-state index contributed by atoms with van der Waals surface area (Å²) in [6.07, 6.45) is 1.39. The molecule has 2 aromatic rings. The zero-order chi connectivity index (χ0) is 18.7. The molecule has 0 aliphatic carbocycles. The normalized spacial score (nSPS) is 12.1. The molecule has 8 heteroatoms. The summed E-state index contributed by atoms with van der Waals surface area (Å²) in [7, 11) is 0. The van der Waals surface area contributed by atoms with Crippen LogP contribution in [0.15, 0.2) is 18.3 Å². The average Bonchev–Trinajstić information content (AvgIpc) is 3.02. The zero-order valence-electron chi connectivity index (χ0n) is 14.6. The molecule has 2 rings (SSSR count). The number of phenolic OH excluding ortho intramolecular Hbond substituents is 1. The third-order valence-electron chi connectivity index (χ3n) is 3.86. The molecule has 0 unspecified atom stereocenters. The maximum absolute atomic E-state index is 12.4. The Labute approximate surface area is 150 Å². The topological polar surface area (TPSA) is 117 Å². The highest BCUT2D eigenvalue weighted by molar-refractivity contribution is 7.17. The number of nitrogens with zero attached hydrogens (tertiary/aromatic N) is 1. The minimum Gasteiger partial charge on any atom is -0.508 e. The summed E-state index contributed by atoms with van der Waals surface area (Å²) < 4.78 is 0. The molecule has 0 aliphatic heterocycles. The number of rotatable bonds is 5. The predicted molar refractivity (Wildman–Crippen MR) is 99.1 cm³/mol. The fourth-order valence-corrected chi connectivity index (χ4v) is 2.85. The van der Waals surface area contributed by atoms with E-state index in [1.54, 1.807) is 19.1 Å². The smallest absolute Gasteiger partial charge is 0.267 e. The number of hydrogen-bond donors (Lipinski definition) is 4. The van der Waals surface area contributed by atoms with Crippen LogP contribution in [-0.2, 0) is 4.79 Å². The van der Waals surface area contributed by atoms with Gasteiger partial charge in [0.25, 0.3) is 5.91 Å². The average molecular weight is 362 g/mol. The minimum atomic E-state index is -0.640. The van der Waals surface area contributed by atoms with Crippen molar-refractivity contribution in [3.63, 3.8) is 0 Å². The second-order valence-corrected chi connectivity index (χ2v) is 7.18. The highest BCUT2D eigenvalue weighted by Gasteiger charge is 2.20. The van der Waals surface area contributed by atoms with Gasteiger partial charge in [0.1, 0.15) is 10.6 Å². The first-order chi connectivity index (χ1) is 11.7. The lowest BCUT2D eigenvalue weighted by atomic mass is 10.1. The molecule has 5 N–H and O–H groups in total. The minimum absolute atomic E-state index is 0.000519. The third-order valence-corrected chi connectivity index (χ3v) is 4.78. The van der Waals surface area contributed by atoms with Crippen LogP contribution < -0.4 is 16.4 Å². The summed E-state index contributed by atoms with van der Waals surface area (Å²) in [5, 5.41) is 15.5. The van der Waals surface area contributed by atoms with Crippen LogP contribution in [0.3, 0.4) is 0 Å². The number of nitrogens with two attached hydrogens (primary N) is 1. The lowest BCUT2D eigenvalue weighted by molar-refractivity contribution is -0.118. The molecule has 1 atom stereocenters. The summed E-state index contributed by atoms with van der Waals surface area (Å²) in [6, 6.07) is 2.67. The molecule has 1 heterocycles. The molecule has 134 valence electrons. The van der Waals surface area contributed by atoms with Crippen LogP contribution in [0.2, 0.25) is 0 Å². The first-order valence-electron chi connectivity index (χ1n) is 7.83. The summed E-state index contributed by atoms with van der Waals surface area (Å²) in [4.78, 5) is 28.8. The monoisotopic (exact) mass is 362 g/mol. The number of carbonyl (C=O) groups excluding carboxylic acids is 2. The number of phenols is 1. The van der Waals surface area contributed by atoms with E-state index in [9.17, 15) is 14.7 Å². The highest BCUT2D eigenvalue weighted by atomic mass is 32.1. The number of carbonyl (C=O) groups is 2. The van der Waals surface area contributed by atoms with Crippen molar-refractivity contribution in [1.82, 2.24) is 4.98 Å². The van der Waals surface area contributed by atoms with E-state index in [0.29, 0.717) is 21.3 Å². The Kier molecular flexibility index (Phi) is 5.76. The molecule has 2 amide bonds.